The van der Waals surface area contributed by atoms with Crippen molar-refractivity contribution < 1.29 is 4.74 Å². The van der Waals surface area contributed by atoms with Gasteiger partial charge in [0.05, 0.1) is 13.2 Å². The normalized spacial score (nSPS) is 20.5. The van der Waals surface area contributed by atoms with Crippen LogP contribution in [0.15, 0.2) is 22.7 Å². The topological polar surface area (TPSA) is 27.7 Å². The monoisotopic (exact) mass is 395 g/mol. The van der Waals surface area contributed by atoms with E-state index in [4.69, 9.17) is 4.74 Å². The van der Waals surface area contributed by atoms with Crippen LogP contribution >= 0.6 is 15.9 Å². The lowest BCUT2D eigenvalue weighted by Gasteiger charge is -2.35. The summed E-state index contributed by atoms with van der Waals surface area (Å²) in [6, 6.07) is 6.75. The van der Waals surface area contributed by atoms with Crippen molar-refractivity contribution in [2.45, 2.75) is 26.3 Å². The Balaban J connectivity index is 1.61. The standard InChI is InChI=1S/C19H30BrN3O/c1-2-21-14-16-5-7-22(8-6-16)15-17-3-4-18(20)13-19(17)23-9-11-24-12-10-23/h3-4,13,16,21H,2,5-12,14-15H2,1H3. The number of ether oxygens (including phenoxy) is 1. The van der Waals surface area contributed by atoms with Crippen LogP contribution in [0.25, 0.3) is 0 Å². The molecule has 0 unspecified atom stereocenters. The fourth-order valence-electron chi connectivity index (χ4n) is 3.71. The molecular formula is C19H30BrN3O. The SMILES string of the molecule is CCNCC1CCN(Cc2ccc(Br)cc2N2CCOCC2)CC1. The third kappa shape index (κ3) is 4.94. The predicted octanol–water partition coefficient (Wildman–Crippen LogP) is 3.11. The molecule has 2 aliphatic rings. The molecular weight excluding hydrogens is 366 g/mol. The summed E-state index contributed by atoms with van der Waals surface area (Å²) in [6.07, 6.45) is 2.63. The van der Waals surface area contributed by atoms with Crippen LogP contribution in [0.3, 0.4) is 0 Å². The van der Waals surface area contributed by atoms with Crippen LogP contribution < -0.4 is 10.2 Å². The number of piperidine rings is 1. The van der Waals surface area contributed by atoms with Crippen LogP contribution in [-0.2, 0) is 11.3 Å². The second kappa shape index (κ2) is 9.18. The second-order valence-electron chi connectivity index (χ2n) is 6.90. The molecule has 1 aromatic rings. The van der Waals surface area contributed by atoms with Gasteiger partial charge >= 0.3 is 0 Å². The first kappa shape index (κ1) is 18.2. The van der Waals surface area contributed by atoms with Gasteiger partial charge in [0, 0.05) is 29.8 Å². The number of benzene rings is 1. The molecule has 1 aromatic carbocycles. The Labute approximate surface area is 154 Å². The summed E-state index contributed by atoms with van der Waals surface area (Å²) >= 11 is 3.64. The zero-order valence-corrected chi connectivity index (χ0v) is 16.4. The molecule has 4 nitrogen and oxygen atoms in total. The molecule has 0 saturated carbocycles. The number of hydrogen-bond acceptors (Lipinski definition) is 4. The third-order valence-electron chi connectivity index (χ3n) is 5.18. The quantitative estimate of drug-likeness (QED) is 0.800. The van der Waals surface area contributed by atoms with Crippen molar-refractivity contribution >= 4 is 21.6 Å². The van der Waals surface area contributed by atoms with E-state index in [1.54, 1.807) is 0 Å². The molecule has 5 heteroatoms. The molecule has 2 heterocycles. The van der Waals surface area contributed by atoms with Gasteiger partial charge in [-0.15, -0.1) is 0 Å². The van der Waals surface area contributed by atoms with Gasteiger partial charge in [0.1, 0.15) is 0 Å². The van der Waals surface area contributed by atoms with E-state index < -0.39 is 0 Å². The summed E-state index contributed by atoms with van der Waals surface area (Å²) in [5, 5.41) is 3.50. The lowest BCUT2D eigenvalue weighted by molar-refractivity contribution is 0.122. The number of rotatable bonds is 6. The van der Waals surface area contributed by atoms with Crippen LogP contribution in [0.4, 0.5) is 5.69 Å². The van der Waals surface area contributed by atoms with Crippen molar-refractivity contribution in [3.63, 3.8) is 0 Å². The molecule has 0 atom stereocenters. The maximum Gasteiger partial charge on any atom is 0.0642 e. The Morgan fingerprint density at radius 1 is 1.17 bits per heavy atom. The first-order valence-corrected chi connectivity index (χ1v) is 10.1. The van der Waals surface area contributed by atoms with Gasteiger partial charge in [0.15, 0.2) is 0 Å². The molecule has 2 fully saturated rings. The molecule has 24 heavy (non-hydrogen) atoms. The van der Waals surface area contributed by atoms with Crippen LogP contribution in [0.5, 0.6) is 0 Å². The Kier molecular flexibility index (Phi) is 6.95. The van der Waals surface area contributed by atoms with Crippen molar-refractivity contribution in [1.29, 1.82) is 0 Å². The molecule has 134 valence electrons. The van der Waals surface area contributed by atoms with Crippen molar-refractivity contribution in [1.82, 2.24) is 10.2 Å². The Bertz CT molecular complexity index is 511. The predicted molar refractivity (Wildman–Crippen MR) is 104 cm³/mol. The lowest BCUT2D eigenvalue weighted by atomic mass is 9.96. The molecule has 3 rings (SSSR count). The molecule has 1 N–H and O–H groups in total. The maximum absolute atomic E-state index is 5.52. The number of nitrogens with zero attached hydrogens (tertiary/aromatic N) is 2. The largest absolute Gasteiger partial charge is 0.378 e. The minimum absolute atomic E-state index is 0.835. The number of anilines is 1. The first-order valence-electron chi connectivity index (χ1n) is 9.30. The van der Waals surface area contributed by atoms with E-state index >= 15 is 0 Å². The van der Waals surface area contributed by atoms with Gasteiger partial charge in [0.25, 0.3) is 0 Å². The summed E-state index contributed by atoms with van der Waals surface area (Å²) in [5.41, 5.74) is 2.83. The van der Waals surface area contributed by atoms with Crippen molar-refractivity contribution in [2.24, 2.45) is 5.92 Å². The van der Waals surface area contributed by atoms with E-state index in [-0.39, 0.29) is 0 Å². The molecule has 2 saturated heterocycles. The van der Waals surface area contributed by atoms with E-state index in [9.17, 15) is 0 Å². The Morgan fingerprint density at radius 3 is 2.62 bits per heavy atom. The van der Waals surface area contributed by atoms with Crippen LogP contribution in [0, 0.1) is 5.92 Å². The highest BCUT2D eigenvalue weighted by Crippen LogP contribution is 2.28. The van der Waals surface area contributed by atoms with E-state index in [0.29, 0.717) is 0 Å². The molecule has 0 spiro atoms. The molecule has 2 aliphatic heterocycles. The fraction of sp³-hybridized carbons (Fsp3) is 0.684. The average Bonchev–Trinajstić information content (AvgIpc) is 2.63. The van der Waals surface area contributed by atoms with Gasteiger partial charge in [-0.1, -0.05) is 28.9 Å². The zero-order valence-electron chi connectivity index (χ0n) is 14.8. The number of nitrogens with one attached hydrogen (secondary N) is 1. The van der Waals surface area contributed by atoms with Crippen molar-refractivity contribution in [3.05, 3.63) is 28.2 Å². The smallest absolute Gasteiger partial charge is 0.0642 e. The van der Waals surface area contributed by atoms with Crippen LogP contribution in [-0.4, -0.2) is 57.4 Å². The van der Waals surface area contributed by atoms with Gasteiger partial charge in [-0.3, -0.25) is 4.90 Å². The molecule has 0 aromatic heterocycles. The minimum Gasteiger partial charge on any atom is -0.378 e. The maximum atomic E-state index is 5.52. The van der Waals surface area contributed by atoms with Gasteiger partial charge < -0.3 is 15.0 Å². The summed E-state index contributed by atoms with van der Waals surface area (Å²) in [7, 11) is 0. The van der Waals surface area contributed by atoms with Crippen LogP contribution in [0.1, 0.15) is 25.3 Å². The van der Waals surface area contributed by atoms with Gasteiger partial charge in [-0.2, -0.15) is 0 Å². The Morgan fingerprint density at radius 2 is 1.92 bits per heavy atom. The number of hydrogen-bond donors (Lipinski definition) is 1. The lowest BCUT2D eigenvalue weighted by Crippen LogP contribution is -2.39. The highest BCUT2D eigenvalue weighted by molar-refractivity contribution is 9.10. The number of halogens is 1. The van der Waals surface area contributed by atoms with E-state index in [2.05, 4.69) is 56.2 Å². The van der Waals surface area contributed by atoms with Gasteiger partial charge in [0.2, 0.25) is 0 Å². The van der Waals surface area contributed by atoms with Crippen molar-refractivity contribution in [3.8, 4) is 0 Å². The van der Waals surface area contributed by atoms with E-state index in [1.165, 1.54) is 43.7 Å². The third-order valence-corrected chi connectivity index (χ3v) is 5.68. The minimum atomic E-state index is 0.835. The fourth-order valence-corrected chi connectivity index (χ4v) is 4.06. The molecule has 0 bridgehead atoms. The van der Waals surface area contributed by atoms with Gasteiger partial charge in [-0.05, 0) is 62.6 Å². The number of morpholine rings is 1. The van der Waals surface area contributed by atoms with Crippen molar-refractivity contribution in [2.75, 3.05) is 57.4 Å². The first-order chi connectivity index (χ1) is 11.8. The summed E-state index contributed by atoms with van der Waals surface area (Å²) < 4.78 is 6.68. The summed E-state index contributed by atoms with van der Waals surface area (Å²) in [6.45, 7) is 11.6. The highest BCUT2D eigenvalue weighted by atomic mass is 79.9. The van der Waals surface area contributed by atoms with Gasteiger partial charge in [-0.25, -0.2) is 0 Å². The average molecular weight is 396 g/mol. The Hall–Kier alpha value is -0.620. The number of likely N-dealkylation sites (tertiary alicyclic amines) is 1. The molecule has 0 amide bonds. The zero-order chi connectivity index (χ0) is 16.8. The highest BCUT2D eigenvalue weighted by Gasteiger charge is 2.21. The molecule has 0 radical (unpaired) electrons. The van der Waals surface area contributed by atoms with E-state index in [0.717, 1.165) is 49.8 Å². The van der Waals surface area contributed by atoms with Crippen LogP contribution in [0.2, 0.25) is 0 Å². The molecule has 0 aliphatic carbocycles. The summed E-state index contributed by atoms with van der Waals surface area (Å²) in [5.74, 6) is 0.852. The second-order valence-corrected chi connectivity index (χ2v) is 7.82. The summed E-state index contributed by atoms with van der Waals surface area (Å²) in [4.78, 5) is 5.09. The van der Waals surface area contributed by atoms with E-state index in [1.807, 2.05) is 0 Å².